The van der Waals surface area contributed by atoms with E-state index in [1.165, 1.54) is 22.5 Å². The van der Waals surface area contributed by atoms with E-state index in [0.717, 1.165) is 86.4 Å². The van der Waals surface area contributed by atoms with Crippen LogP contribution in [0.15, 0.2) is 54.6 Å². The number of piperidine rings is 1. The Morgan fingerprint density at radius 1 is 0.962 bits per heavy atom. The summed E-state index contributed by atoms with van der Waals surface area (Å²) in [6.45, 7) is 11.2. The third kappa shape index (κ3) is 8.22. The Hall–Kier alpha value is -4.19. The first-order chi connectivity index (χ1) is 24.9. The van der Waals surface area contributed by atoms with Gasteiger partial charge in [0.15, 0.2) is 5.01 Å². The molecule has 0 saturated carbocycles. The van der Waals surface area contributed by atoms with Crippen molar-refractivity contribution in [3.05, 3.63) is 93.1 Å². The number of carboxylic acid groups (broad SMARTS) is 1. The molecule has 2 saturated heterocycles. The maximum Gasteiger partial charge on any atom is 0.335 e. The van der Waals surface area contributed by atoms with Gasteiger partial charge in [-0.3, -0.25) is 9.59 Å². The Morgan fingerprint density at radius 3 is 2.40 bits per heavy atom. The number of pyridine rings is 1. The van der Waals surface area contributed by atoms with E-state index in [1.807, 2.05) is 43.4 Å². The molecule has 7 rings (SSSR count). The van der Waals surface area contributed by atoms with Gasteiger partial charge < -0.3 is 25.5 Å². The number of rotatable bonds is 10. The number of aromatic carboxylic acids is 1. The van der Waals surface area contributed by atoms with Gasteiger partial charge in [0.2, 0.25) is 0 Å². The molecule has 3 aliphatic rings. The van der Waals surface area contributed by atoms with Crippen molar-refractivity contribution in [2.45, 2.75) is 77.3 Å². The summed E-state index contributed by atoms with van der Waals surface area (Å²) < 4.78 is 0. The second kappa shape index (κ2) is 15.0. The number of benzene rings is 2. The van der Waals surface area contributed by atoms with Crippen LogP contribution in [0.25, 0.3) is 10.3 Å². The Bertz CT molecular complexity index is 1940. The first kappa shape index (κ1) is 36.2. The van der Waals surface area contributed by atoms with Crippen molar-refractivity contribution < 1.29 is 19.5 Å². The van der Waals surface area contributed by atoms with Crippen LogP contribution in [0.3, 0.4) is 0 Å². The summed E-state index contributed by atoms with van der Waals surface area (Å²) in [5.41, 5.74) is 6.35. The van der Waals surface area contributed by atoms with Crippen LogP contribution in [-0.4, -0.2) is 88.5 Å². The first-order valence-corrected chi connectivity index (χ1v) is 19.5. The van der Waals surface area contributed by atoms with E-state index < -0.39 is 5.97 Å². The van der Waals surface area contributed by atoms with Crippen molar-refractivity contribution >= 4 is 39.5 Å². The largest absolute Gasteiger partial charge is 0.478 e. The smallest absolute Gasteiger partial charge is 0.335 e. The number of aromatic nitrogens is 2. The highest BCUT2D eigenvalue weighted by Crippen LogP contribution is 2.38. The molecule has 4 aromatic rings. The lowest BCUT2D eigenvalue weighted by Crippen LogP contribution is -2.57. The Labute approximate surface area is 310 Å². The van der Waals surface area contributed by atoms with Crippen molar-refractivity contribution in [1.82, 2.24) is 30.4 Å². The van der Waals surface area contributed by atoms with Crippen molar-refractivity contribution in [2.24, 2.45) is 11.3 Å². The fourth-order valence-electron chi connectivity index (χ4n) is 8.05. The van der Waals surface area contributed by atoms with Crippen LogP contribution in [0.4, 0.5) is 0 Å². The minimum atomic E-state index is -0.909. The van der Waals surface area contributed by atoms with Crippen molar-refractivity contribution in [1.29, 1.82) is 0 Å². The average Bonchev–Trinajstić information content (AvgIpc) is 3.54. The Morgan fingerprint density at radius 2 is 1.71 bits per heavy atom. The first-order valence-electron chi connectivity index (χ1n) is 18.6. The fraction of sp³-hybridized carbons (Fsp3) is 0.488. The number of hydrogen-bond acceptors (Lipinski definition) is 8. The molecule has 2 amide bonds. The van der Waals surface area contributed by atoms with Crippen LogP contribution in [0.1, 0.15) is 111 Å². The highest BCUT2D eigenvalue weighted by atomic mass is 32.1. The summed E-state index contributed by atoms with van der Waals surface area (Å²) in [6.07, 6.45) is 5.69. The normalized spacial score (nSPS) is 19.5. The number of nitrogens with zero attached hydrogens (tertiary/aromatic N) is 4. The number of fused-ring (bicyclic) bond motifs is 2. The molecule has 4 heterocycles. The van der Waals surface area contributed by atoms with Gasteiger partial charge in [-0.2, -0.15) is 0 Å². The van der Waals surface area contributed by atoms with E-state index in [0.29, 0.717) is 34.4 Å². The number of nitrogens with one attached hydrogen (secondary N) is 2. The summed E-state index contributed by atoms with van der Waals surface area (Å²) in [6, 6.07) is 16.9. The monoisotopic (exact) mass is 722 g/mol. The minimum absolute atomic E-state index is 0.0987. The number of thiazole rings is 1. The Balaban J connectivity index is 1.06. The highest BCUT2D eigenvalue weighted by molar-refractivity contribution is 7.19. The molecular weight excluding hydrogens is 673 g/mol. The molecule has 0 bridgehead atoms. The lowest BCUT2D eigenvalue weighted by molar-refractivity contribution is 0.0696. The van der Waals surface area contributed by atoms with E-state index in [4.69, 9.17) is 9.97 Å². The number of amides is 2. The molecule has 0 spiro atoms. The topological polar surface area (TPSA) is 128 Å². The van der Waals surface area contributed by atoms with Gasteiger partial charge >= 0.3 is 5.97 Å². The van der Waals surface area contributed by atoms with Crippen LogP contribution < -0.4 is 10.6 Å². The molecule has 274 valence electrons. The molecule has 52 heavy (non-hydrogen) atoms. The summed E-state index contributed by atoms with van der Waals surface area (Å²) in [5, 5.41) is 16.1. The molecule has 0 radical (unpaired) electrons. The lowest BCUT2D eigenvalue weighted by atomic mass is 9.71. The maximum atomic E-state index is 13.9. The van der Waals surface area contributed by atoms with Crippen LogP contribution >= 0.6 is 11.3 Å². The predicted octanol–water partition coefficient (Wildman–Crippen LogP) is 6.33. The number of aryl methyl sites for hydroxylation is 1. The molecule has 3 N–H and O–H groups in total. The quantitative estimate of drug-likeness (QED) is 0.174. The molecule has 2 fully saturated rings. The van der Waals surface area contributed by atoms with E-state index in [2.05, 4.69) is 47.3 Å². The summed E-state index contributed by atoms with van der Waals surface area (Å²) in [5.74, 6) is -0.260. The van der Waals surface area contributed by atoms with Crippen LogP contribution in [0, 0.1) is 11.3 Å². The van der Waals surface area contributed by atoms with Gasteiger partial charge in [-0.05, 0) is 123 Å². The second-order valence-electron chi connectivity index (χ2n) is 16.1. The standard InChI is InChI=1S/C41H50N6O4S/c1-41(2,3)31-12-13-33-30(21-31)22-35-38(44-33)52-39(45-35)37(49)43-34(28-6-5-7-29(20-28)36(48)42-32-23-46(4)24-32)16-19-47-17-14-26(15-18-47)25-8-10-27(11-9-25)40(50)51/h5-11,20,22,26,31-32,34H,12-19,21,23-24H2,1-4H3,(H,42,48)(H,43,49)(H,50,51)/t31-,34+/m0/s1. The molecule has 1 aliphatic carbocycles. The Kier molecular flexibility index (Phi) is 10.5. The molecule has 2 aromatic heterocycles. The number of likely N-dealkylation sites (N-methyl/N-ethyl adjacent to an activating group) is 1. The van der Waals surface area contributed by atoms with Gasteiger partial charge in [0.1, 0.15) is 10.3 Å². The van der Waals surface area contributed by atoms with Crippen molar-refractivity contribution in [2.75, 3.05) is 39.8 Å². The van der Waals surface area contributed by atoms with E-state index in [-0.39, 0.29) is 29.3 Å². The molecular formula is C41H50N6O4S. The van der Waals surface area contributed by atoms with Crippen LogP contribution in [-0.2, 0) is 12.8 Å². The molecule has 2 atom stereocenters. The predicted molar refractivity (Wildman–Crippen MR) is 204 cm³/mol. The van der Waals surface area contributed by atoms with E-state index >= 15 is 0 Å². The molecule has 2 aromatic carbocycles. The molecule has 10 nitrogen and oxygen atoms in total. The van der Waals surface area contributed by atoms with Gasteiger partial charge in [-0.25, -0.2) is 14.8 Å². The van der Waals surface area contributed by atoms with Gasteiger partial charge in [-0.15, -0.1) is 0 Å². The number of likely N-dealkylation sites (tertiary alicyclic amines) is 2. The zero-order chi connectivity index (χ0) is 36.6. The SMILES string of the molecule is CN1CC(NC(=O)c2cccc([C@@H](CCN3CCC(c4ccc(C(=O)O)cc4)CC3)NC(=O)c3nc4cc5c(nc4s3)CC[C@H](C(C)(C)C)C5)c2)C1. The minimum Gasteiger partial charge on any atom is -0.478 e. The summed E-state index contributed by atoms with van der Waals surface area (Å²) in [4.78, 5) is 53.6. The average molecular weight is 723 g/mol. The van der Waals surface area contributed by atoms with E-state index in [1.54, 1.807) is 12.1 Å². The molecule has 2 aliphatic heterocycles. The van der Waals surface area contributed by atoms with Crippen LogP contribution in [0.2, 0.25) is 0 Å². The highest BCUT2D eigenvalue weighted by Gasteiger charge is 2.31. The fourth-order valence-corrected chi connectivity index (χ4v) is 8.89. The van der Waals surface area contributed by atoms with Gasteiger partial charge in [-0.1, -0.05) is 56.4 Å². The zero-order valence-electron chi connectivity index (χ0n) is 30.7. The van der Waals surface area contributed by atoms with Crippen molar-refractivity contribution in [3.63, 3.8) is 0 Å². The maximum absolute atomic E-state index is 13.9. The molecule has 0 unspecified atom stereocenters. The third-order valence-electron chi connectivity index (χ3n) is 11.4. The van der Waals surface area contributed by atoms with Crippen LogP contribution in [0.5, 0.6) is 0 Å². The summed E-state index contributed by atoms with van der Waals surface area (Å²) >= 11 is 1.35. The number of carbonyl (C=O) groups is 3. The second-order valence-corrected chi connectivity index (χ2v) is 17.1. The molecule has 11 heteroatoms. The summed E-state index contributed by atoms with van der Waals surface area (Å²) in [7, 11) is 2.04. The third-order valence-corrected chi connectivity index (χ3v) is 12.3. The lowest BCUT2D eigenvalue weighted by Gasteiger charge is -2.36. The zero-order valence-corrected chi connectivity index (χ0v) is 31.5. The van der Waals surface area contributed by atoms with Crippen molar-refractivity contribution in [3.8, 4) is 0 Å². The van der Waals surface area contributed by atoms with E-state index in [9.17, 15) is 19.5 Å². The van der Waals surface area contributed by atoms with Gasteiger partial charge in [0, 0.05) is 30.9 Å². The number of carboxylic acids is 1. The van der Waals surface area contributed by atoms with Gasteiger partial charge in [0.25, 0.3) is 11.8 Å². The van der Waals surface area contributed by atoms with Gasteiger partial charge in [0.05, 0.1) is 17.6 Å². The number of hydrogen-bond donors (Lipinski definition) is 3. The number of carbonyl (C=O) groups excluding carboxylic acids is 2.